The van der Waals surface area contributed by atoms with Gasteiger partial charge >= 0.3 is 0 Å². The molecule has 1 aliphatic rings. The lowest BCUT2D eigenvalue weighted by atomic mass is 10.0. The molecule has 27 heavy (non-hydrogen) atoms. The van der Waals surface area contributed by atoms with Gasteiger partial charge in [-0.2, -0.15) is 5.10 Å². The van der Waals surface area contributed by atoms with Gasteiger partial charge in [-0.3, -0.25) is 9.89 Å². The largest absolute Gasteiger partial charge is 0.384 e. The molecule has 0 saturated carbocycles. The van der Waals surface area contributed by atoms with Crippen LogP contribution in [0.2, 0.25) is 0 Å². The minimum absolute atomic E-state index is 0.0592. The molecule has 7 nitrogen and oxygen atoms in total. The molecule has 0 aliphatic carbocycles. The summed E-state index contributed by atoms with van der Waals surface area (Å²) in [6.07, 6.45) is 2.76. The van der Waals surface area contributed by atoms with E-state index in [1.54, 1.807) is 6.20 Å². The first-order chi connectivity index (χ1) is 13.1. The fourth-order valence-electron chi connectivity index (χ4n) is 4.05. The van der Waals surface area contributed by atoms with E-state index in [1.807, 2.05) is 18.2 Å². The van der Waals surface area contributed by atoms with Gasteiger partial charge in [-0.1, -0.05) is 0 Å². The summed E-state index contributed by atoms with van der Waals surface area (Å²) < 4.78 is 2.19. The summed E-state index contributed by atoms with van der Waals surface area (Å²) in [5, 5.41) is 16.3. The van der Waals surface area contributed by atoms with E-state index < -0.39 is 0 Å². The SMILES string of the molecule is CN(C)CCCNc1ccc2c3c1c(=O)c1c4cn[nH]c4ccc1n3CN2. The maximum Gasteiger partial charge on any atom is 0.200 e. The molecule has 3 N–H and O–H groups in total. The minimum atomic E-state index is 0.0592. The number of hydrogen-bond donors (Lipinski definition) is 3. The zero-order valence-electron chi connectivity index (χ0n) is 15.5. The Kier molecular flexibility index (Phi) is 3.58. The third kappa shape index (κ3) is 2.39. The number of pyridine rings is 1. The van der Waals surface area contributed by atoms with Gasteiger partial charge in [0, 0.05) is 17.6 Å². The Hall–Kier alpha value is -3.06. The van der Waals surface area contributed by atoms with Gasteiger partial charge in [-0.05, 0) is 51.3 Å². The van der Waals surface area contributed by atoms with E-state index in [9.17, 15) is 4.79 Å². The number of hydrogen-bond acceptors (Lipinski definition) is 5. The van der Waals surface area contributed by atoms with Crippen molar-refractivity contribution < 1.29 is 0 Å². The number of H-pyrrole nitrogens is 1. The molecule has 1 aliphatic heterocycles. The molecule has 2 aromatic heterocycles. The first kappa shape index (κ1) is 16.1. The fraction of sp³-hybridized carbons (Fsp3) is 0.300. The Morgan fingerprint density at radius 1 is 1.22 bits per heavy atom. The van der Waals surface area contributed by atoms with Crippen LogP contribution in [0, 0.1) is 0 Å². The maximum atomic E-state index is 13.6. The molecule has 5 rings (SSSR count). The van der Waals surface area contributed by atoms with Crippen LogP contribution >= 0.6 is 0 Å². The predicted molar refractivity (Wildman–Crippen MR) is 111 cm³/mol. The molecule has 138 valence electrons. The molecule has 0 unspecified atom stereocenters. The van der Waals surface area contributed by atoms with E-state index in [1.165, 1.54) is 0 Å². The molecule has 0 bridgehead atoms. The second kappa shape index (κ2) is 5.99. The number of benzene rings is 2. The number of nitrogens with one attached hydrogen (secondary N) is 3. The third-order valence-corrected chi connectivity index (χ3v) is 5.32. The molecule has 4 aromatic rings. The Morgan fingerprint density at radius 2 is 2.11 bits per heavy atom. The lowest BCUT2D eigenvalue weighted by molar-refractivity contribution is 0.405. The van der Waals surface area contributed by atoms with Gasteiger partial charge in [0.2, 0.25) is 0 Å². The van der Waals surface area contributed by atoms with Crippen molar-refractivity contribution in [2.24, 2.45) is 0 Å². The molecule has 0 spiro atoms. The van der Waals surface area contributed by atoms with E-state index in [-0.39, 0.29) is 5.43 Å². The van der Waals surface area contributed by atoms with Gasteiger partial charge in [0.15, 0.2) is 5.43 Å². The van der Waals surface area contributed by atoms with Gasteiger partial charge in [0.05, 0.1) is 45.9 Å². The lowest BCUT2D eigenvalue weighted by Gasteiger charge is -2.14. The first-order valence-corrected chi connectivity index (χ1v) is 9.23. The van der Waals surface area contributed by atoms with Crippen LogP contribution in [-0.2, 0) is 6.67 Å². The van der Waals surface area contributed by atoms with Crippen molar-refractivity contribution in [1.82, 2.24) is 19.7 Å². The summed E-state index contributed by atoms with van der Waals surface area (Å²) in [4.78, 5) is 15.7. The second-order valence-corrected chi connectivity index (χ2v) is 7.35. The fourth-order valence-corrected chi connectivity index (χ4v) is 4.05. The summed E-state index contributed by atoms with van der Waals surface area (Å²) in [7, 11) is 4.14. The summed E-state index contributed by atoms with van der Waals surface area (Å²) in [6.45, 7) is 2.50. The van der Waals surface area contributed by atoms with Crippen LogP contribution in [0.3, 0.4) is 0 Å². The van der Waals surface area contributed by atoms with Crippen molar-refractivity contribution >= 4 is 44.1 Å². The Labute approximate surface area is 156 Å². The molecular weight excluding hydrogens is 340 g/mol. The van der Waals surface area contributed by atoms with Crippen LogP contribution in [0.1, 0.15) is 6.42 Å². The van der Waals surface area contributed by atoms with Crippen LogP contribution in [-0.4, -0.2) is 46.8 Å². The normalized spacial score (nSPS) is 13.1. The smallest absolute Gasteiger partial charge is 0.200 e. The van der Waals surface area contributed by atoms with Crippen molar-refractivity contribution in [3.05, 3.63) is 40.7 Å². The molecule has 0 saturated heterocycles. The average molecular weight is 362 g/mol. The molecule has 0 atom stereocenters. The quantitative estimate of drug-likeness (QED) is 0.376. The molecule has 0 amide bonds. The number of aromatic amines is 1. The van der Waals surface area contributed by atoms with Gasteiger partial charge in [0.25, 0.3) is 0 Å². The van der Waals surface area contributed by atoms with Crippen LogP contribution in [0.25, 0.3) is 32.7 Å². The molecule has 0 radical (unpaired) electrons. The Bertz CT molecular complexity index is 1240. The van der Waals surface area contributed by atoms with Crippen molar-refractivity contribution in [2.45, 2.75) is 13.1 Å². The zero-order valence-corrected chi connectivity index (χ0v) is 15.5. The highest BCUT2D eigenvalue weighted by atomic mass is 16.1. The third-order valence-electron chi connectivity index (χ3n) is 5.32. The van der Waals surface area contributed by atoms with E-state index in [0.29, 0.717) is 6.67 Å². The van der Waals surface area contributed by atoms with Crippen molar-refractivity contribution in [3.63, 3.8) is 0 Å². The standard InChI is InChI=1S/C20H22N6O/c1-25(2)9-3-8-21-14-4-5-15-19-18(14)20(27)17-12-10-23-24-13(12)6-7-16(17)26(19)11-22-15/h4-7,10,21-22H,3,8-9,11H2,1-2H3,(H,23,24). The zero-order chi connectivity index (χ0) is 18.5. The van der Waals surface area contributed by atoms with Crippen LogP contribution in [0.5, 0.6) is 0 Å². The summed E-state index contributed by atoms with van der Waals surface area (Å²) >= 11 is 0. The molecule has 3 heterocycles. The van der Waals surface area contributed by atoms with Gasteiger partial charge in [-0.25, -0.2) is 0 Å². The molecule has 0 fully saturated rings. The van der Waals surface area contributed by atoms with Crippen LogP contribution in [0.4, 0.5) is 11.4 Å². The number of aromatic nitrogens is 3. The number of nitrogens with zero attached hydrogens (tertiary/aromatic N) is 3. The highest BCUT2D eigenvalue weighted by Gasteiger charge is 2.22. The number of rotatable bonds is 5. The van der Waals surface area contributed by atoms with E-state index in [2.05, 4.69) is 50.5 Å². The van der Waals surface area contributed by atoms with Gasteiger partial charge < -0.3 is 20.1 Å². The molecule has 2 aromatic carbocycles. The highest BCUT2D eigenvalue weighted by molar-refractivity contribution is 6.13. The topological polar surface area (TPSA) is 78.0 Å². The van der Waals surface area contributed by atoms with Crippen molar-refractivity contribution in [1.29, 1.82) is 0 Å². The van der Waals surface area contributed by atoms with Crippen molar-refractivity contribution in [2.75, 3.05) is 37.8 Å². The van der Waals surface area contributed by atoms with Gasteiger partial charge in [0.1, 0.15) is 0 Å². The summed E-state index contributed by atoms with van der Waals surface area (Å²) in [6, 6.07) is 8.06. The Balaban J connectivity index is 1.75. The highest BCUT2D eigenvalue weighted by Crippen LogP contribution is 2.35. The average Bonchev–Trinajstić information content (AvgIpc) is 3.29. The Morgan fingerprint density at radius 3 is 2.96 bits per heavy atom. The van der Waals surface area contributed by atoms with Crippen molar-refractivity contribution in [3.8, 4) is 0 Å². The summed E-state index contributed by atoms with van der Waals surface area (Å²) in [5.74, 6) is 0. The number of anilines is 2. The first-order valence-electron chi connectivity index (χ1n) is 9.23. The molecular formula is C20H22N6O. The second-order valence-electron chi connectivity index (χ2n) is 7.35. The van der Waals surface area contributed by atoms with E-state index in [0.717, 1.165) is 63.6 Å². The molecule has 7 heteroatoms. The number of fused-ring (bicyclic) bond motifs is 4. The van der Waals surface area contributed by atoms with E-state index in [4.69, 9.17) is 0 Å². The maximum absolute atomic E-state index is 13.6. The van der Waals surface area contributed by atoms with Crippen LogP contribution < -0.4 is 16.1 Å². The summed E-state index contributed by atoms with van der Waals surface area (Å²) in [5.41, 5.74) is 4.77. The predicted octanol–water partition coefficient (Wildman–Crippen LogP) is 2.78. The van der Waals surface area contributed by atoms with Crippen LogP contribution in [0.15, 0.2) is 35.3 Å². The lowest BCUT2D eigenvalue weighted by Crippen LogP contribution is -2.17. The van der Waals surface area contributed by atoms with Gasteiger partial charge in [-0.15, -0.1) is 0 Å². The van der Waals surface area contributed by atoms with E-state index >= 15 is 0 Å². The monoisotopic (exact) mass is 362 g/mol. The minimum Gasteiger partial charge on any atom is -0.384 e.